The summed E-state index contributed by atoms with van der Waals surface area (Å²) in [5.41, 5.74) is 0. The molecule has 1 amide bonds. The Morgan fingerprint density at radius 3 is 2.67 bits per heavy atom. The lowest BCUT2D eigenvalue weighted by atomic mass is 10.4. The number of carbonyl (C=O) groups excluding carboxylic acids is 1. The Kier molecular flexibility index (Phi) is 12.3. The number of likely N-dealkylation sites (N-methyl/N-ethyl adjacent to an activating group) is 1. The van der Waals surface area contributed by atoms with Crippen LogP contribution in [0, 0.1) is 0 Å². The van der Waals surface area contributed by atoms with E-state index >= 15 is 0 Å². The van der Waals surface area contributed by atoms with E-state index in [0.717, 1.165) is 32.4 Å². The molecule has 0 bridgehead atoms. The molecule has 1 N–H and O–H groups in total. The summed E-state index contributed by atoms with van der Waals surface area (Å²) >= 11 is 0. The lowest BCUT2D eigenvalue weighted by molar-refractivity contribution is -0.122. The van der Waals surface area contributed by atoms with Crippen LogP contribution in [0.3, 0.4) is 0 Å². The fourth-order valence-electron chi connectivity index (χ4n) is 1.39. The zero-order chi connectivity index (χ0) is 13.6. The quantitative estimate of drug-likeness (QED) is 0.529. The van der Waals surface area contributed by atoms with Crippen LogP contribution in [0.5, 0.6) is 0 Å². The molecule has 0 fully saturated rings. The summed E-state index contributed by atoms with van der Waals surface area (Å²) in [4.78, 5) is 13.5. The van der Waals surface area contributed by atoms with Crippen LogP contribution in [0.2, 0.25) is 0 Å². The third kappa shape index (κ3) is 11.8. The molecule has 5 heteroatoms. The molecule has 0 saturated heterocycles. The van der Waals surface area contributed by atoms with Gasteiger partial charge >= 0.3 is 0 Å². The van der Waals surface area contributed by atoms with Crippen LogP contribution in [0.1, 0.15) is 26.2 Å². The van der Waals surface area contributed by atoms with Crippen molar-refractivity contribution >= 4 is 5.91 Å². The van der Waals surface area contributed by atoms with Crippen molar-refractivity contribution in [1.29, 1.82) is 0 Å². The van der Waals surface area contributed by atoms with Crippen molar-refractivity contribution in [3.8, 4) is 0 Å². The van der Waals surface area contributed by atoms with Crippen molar-refractivity contribution in [2.75, 3.05) is 53.6 Å². The number of methoxy groups -OCH3 is 1. The SMILES string of the molecule is CCCCOCCN(C)CC(=O)NCCCOC. The Hall–Kier alpha value is -0.650. The highest BCUT2D eigenvalue weighted by atomic mass is 16.5. The van der Waals surface area contributed by atoms with Crippen molar-refractivity contribution < 1.29 is 14.3 Å². The van der Waals surface area contributed by atoms with Crippen LogP contribution in [0.4, 0.5) is 0 Å². The molecule has 0 rings (SSSR count). The van der Waals surface area contributed by atoms with Gasteiger partial charge in [0.15, 0.2) is 0 Å². The van der Waals surface area contributed by atoms with Gasteiger partial charge in [-0.1, -0.05) is 13.3 Å². The molecule has 0 radical (unpaired) electrons. The number of unbranched alkanes of at least 4 members (excludes halogenated alkanes) is 1. The maximum absolute atomic E-state index is 11.5. The minimum Gasteiger partial charge on any atom is -0.385 e. The van der Waals surface area contributed by atoms with Crippen LogP contribution in [-0.4, -0.2) is 64.4 Å². The number of ether oxygens (including phenoxy) is 2. The van der Waals surface area contributed by atoms with E-state index < -0.39 is 0 Å². The van der Waals surface area contributed by atoms with Crippen molar-refractivity contribution in [2.45, 2.75) is 26.2 Å². The van der Waals surface area contributed by atoms with Gasteiger partial charge in [0.25, 0.3) is 0 Å². The zero-order valence-corrected chi connectivity index (χ0v) is 12.0. The number of hydrogen-bond donors (Lipinski definition) is 1. The van der Waals surface area contributed by atoms with Crippen LogP contribution >= 0.6 is 0 Å². The fourth-order valence-corrected chi connectivity index (χ4v) is 1.39. The number of carbonyl (C=O) groups is 1. The Bertz CT molecular complexity index is 201. The van der Waals surface area contributed by atoms with Gasteiger partial charge in [0.05, 0.1) is 13.2 Å². The average molecular weight is 260 g/mol. The lowest BCUT2D eigenvalue weighted by Gasteiger charge is -2.16. The molecule has 0 aliphatic heterocycles. The van der Waals surface area contributed by atoms with E-state index in [1.165, 1.54) is 0 Å². The van der Waals surface area contributed by atoms with E-state index in [9.17, 15) is 4.79 Å². The molecule has 0 aliphatic carbocycles. The molecule has 0 unspecified atom stereocenters. The number of rotatable bonds is 12. The summed E-state index contributed by atoms with van der Waals surface area (Å²) in [6, 6.07) is 0. The summed E-state index contributed by atoms with van der Waals surface area (Å²) in [6.45, 7) is 6.21. The first-order chi connectivity index (χ1) is 8.70. The highest BCUT2D eigenvalue weighted by Gasteiger charge is 2.05. The second-order valence-corrected chi connectivity index (χ2v) is 4.40. The number of amides is 1. The van der Waals surface area contributed by atoms with Crippen LogP contribution in [0.15, 0.2) is 0 Å². The summed E-state index contributed by atoms with van der Waals surface area (Å²) in [7, 11) is 3.59. The third-order valence-electron chi connectivity index (χ3n) is 2.52. The van der Waals surface area contributed by atoms with Gasteiger partial charge in [0.1, 0.15) is 0 Å². The minimum absolute atomic E-state index is 0.0576. The molecule has 0 heterocycles. The lowest BCUT2D eigenvalue weighted by Crippen LogP contribution is -2.37. The summed E-state index contributed by atoms with van der Waals surface area (Å²) in [6.07, 6.45) is 3.11. The Morgan fingerprint density at radius 2 is 2.00 bits per heavy atom. The molecule has 108 valence electrons. The second kappa shape index (κ2) is 12.8. The number of nitrogens with one attached hydrogen (secondary N) is 1. The van der Waals surface area contributed by atoms with Crippen molar-refractivity contribution in [1.82, 2.24) is 10.2 Å². The van der Waals surface area contributed by atoms with Crippen molar-refractivity contribution in [2.24, 2.45) is 0 Å². The predicted molar refractivity (Wildman–Crippen MR) is 72.7 cm³/mol. The number of nitrogens with zero attached hydrogens (tertiary/aromatic N) is 1. The Morgan fingerprint density at radius 1 is 1.22 bits per heavy atom. The normalized spacial score (nSPS) is 10.9. The Labute approximate surface area is 111 Å². The molecule has 0 spiro atoms. The van der Waals surface area contributed by atoms with Gasteiger partial charge in [-0.3, -0.25) is 9.69 Å². The fraction of sp³-hybridized carbons (Fsp3) is 0.923. The first-order valence-corrected chi connectivity index (χ1v) is 6.72. The van der Waals surface area contributed by atoms with Gasteiger partial charge < -0.3 is 14.8 Å². The van der Waals surface area contributed by atoms with Crippen LogP contribution in [-0.2, 0) is 14.3 Å². The first kappa shape index (κ1) is 17.4. The topological polar surface area (TPSA) is 50.8 Å². The van der Waals surface area contributed by atoms with E-state index in [-0.39, 0.29) is 5.91 Å². The maximum Gasteiger partial charge on any atom is 0.234 e. The average Bonchev–Trinajstić information content (AvgIpc) is 2.34. The van der Waals surface area contributed by atoms with E-state index in [1.807, 2.05) is 11.9 Å². The molecule has 5 nitrogen and oxygen atoms in total. The molecule has 0 aliphatic rings. The summed E-state index contributed by atoms with van der Waals surface area (Å²) in [5, 5.41) is 2.86. The van der Waals surface area contributed by atoms with Gasteiger partial charge in [-0.2, -0.15) is 0 Å². The standard InChI is InChI=1S/C13H28N2O3/c1-4-5-10-18-11-8-15(2)12-13(16)14-7-6-9-17-3/h4-12H2,1-3H3,(H,14,16). The minimum atomic E-state index is 0.0576. The molecule has 0 aromatic heterocycles. The monoisotopic (exact) mass is 260 g/mol. The molecule has 18 heavy (non-hydrogen) atoms. The number of hydrogen-bond acceptors (Lipinski definition) is 4. The highest BCUT2D eigenvalue weighted by molar-refractivity contribution is 5.77. The van der Waals surface area contributed by atoms with Crippen molar-refractivity contribution in [3.63, 3.8) is 0 Å². The second-order valence-electron chi connectivity index (χ2n) is 4.40. The van der Waals surface area contributed by atoms with Crippen molar-refractivity contribution in [3.05, 3.63) is 0 Å². The van der Waals surface area contributed by atoms with E-state index in [4.69, 9.17) is 9.47 Å². The van der Waals surface area contributed by atoms with Gasteiger partial charge in [0.2, 0.25) is 5.91 Å². The van der Waals surface area contributed by atoms with Crippen LogP contribution < -0.4 is 5.32 Å². The molecule has 0 saturated carbocycles. The van der Waals surface area contributed by atoms with E-state index in [1.54, 1.807) is 7.11 Å². The smallest absolute Gasteiger partial charge is 0.234 e. The van der Waals surface area contributed by atoms with E-state index in [0.29, 0.717) is 26.3 Å². The molecular weight excluding hydrogens is 232 g/mol. The summed E-state index contributed by atoms with van der Waals surface area (Å²) in [5.74, 6) is 0.0576. The molecule has 0 aromatic rings. The molecule has 0 atom stereocenters. The van der Waals surface area contributed by atoms with Gasteiger partial charge in [0, 0.05) is 33.4 Å². The molecular formula is C13H28N2O3. The summed E-state index contributed by atoms with van der Waals surface area (Å²) < 4.78 is 10.4. The largest absolute Gasteiger partial charge is 0.385 e. The van der Waals surface area contributed by atoms with Gasteiger partial charge in [-0.05, 0) is 19.9 Å². The maximum atomic E-state index is 11.5. The third-order valence-corrected chi connectivity index (χ3v) is 2.52. The first-order valence-electron chi connectivity index (χ1n) is 6.72. The van der Waals surface area contributed by atoms with Gasteiger partial charge in [-0.25, -0.2) is 0 Å². The van der Waals surface area contributed by atoms with Crippen LogP contribution in [0.25, 0.3) is 0 Å². The van der Waals surface area contributed by atoms with E-state index in [2.05, 4.69) is 12.2 Å². The highest BCUT2D eigenvalue weighted by Crippen LogP contribution is 1.89. The Balaban J connectivity index is 3.37. The van der Waals surface area contributed by atoms with Gasteiger partial charge in [-0.15, -0.1) is 0 Å². The molecule has 0 aromatic carbocycles. The predicted octanol–water partition coefficient (Wildman–Crippen LogP) is 0.888. The zero-order valence-electron chi connectivity index (χ0n) is 12.0.